The van der Waals surface area contributed by atoms with Crippen molar-refractivity contribution in [2.45, 2.75) is 25.7 Å². The molecule has 8 heteroatoms. The van der Waals surface area contributed by atoms with E-state index in [0.29, 0.717) is 19.5 Å². The number of aliphatic hydroxyl groups excluding tert-OH is 1. The molecule has 0 aliphatic carbocycles. The minimum atomic E-state index is -3.15. The molecule has 0 aromatic heterocycles. The molecule has 1 N–H and O–H groups in total. The van der Waals surface area contributed by atoms with E-state index in [1.807, 2.05) is 0 Å². The quantitative estimate of drug-likeness (QED) is 0.676. The number of likely N-dealkylation sites (tertiary alicyclic amines) is 2. The molecule has 1 amide bonds. The number of hydrogen-bond donors (Lipinski definition) is 1. The van der Waals surface area contributed by atoms with Crippen molar-refractivity contribution in [1.29, 1.82) is 0 Å². The summed E-state index contributed by atoms with van der Waals surface area (Å²) in [6.45, 7) is 3.44. The molecular weight excluding hydrogens is 318 g/mol. The Morgan fingerprint density at radius 1 is 1.22 bits per heavy atom. The second-order valence-electron chi connectivity index (χ2n) is 6.88. The van der Waals surface area contributed by atoms with E-state index in [0.717, 1.165) is 38.9 Å². The zero-order valence-electron chi connectivity index (χ0n) is 14.2. The summed E-state index contributed by atoms with van der Waals surface area (Å²) in [5, 5.41) is 9.09. The van der Waals surface area contributed by atoms with Gasteiger partial charge in [0, 0.05) is 33.7 Å². The van der Waals surface area contributed by atoms with Crippen molar-refractivity contribution in [2.24, 2.45) is 5.41 Å². The first-order valence-electron chi connectivity index (χ1n) is 8.33. The predicted octanol–water partition coefficient (Wildman–Crippen LogP) is -0.425. The van der Waals surface area contributed by atoms with E-state index in [-0.39, 0.29) is 23.7 Å². The monoisotopic (exact) mass is 347 g/mol. The van der Waals surface area contributed by atoms with Gasteiger partial charge >= 0.3 is 0 Å². The van der Waals surface area contributed by atoms with Crippen LogP contribution in [-0.2, 0) is 14.8 Å². The molecule has 2 rings (SSSR count). The molecule has 7 nitrogen and oxygen atoms in total. The summed E-state index contributed by atoms with van der Waals surface area (Å²) in [5.74, 6) is 0.315. The summed E-state index contributed by atoms with van der Waals surface area (Å²) in [6.07, 6.45) is 3.31. The van der Waals surface area contributed by atoms with Crippen LogP contribution in [0.5, 0.6) is 0 Å². The fraction of sp³-hybridized carbons (Fsp3) is 0.933. The minimum absolute atomic E-state index is 0.00787. The standard InChI is InChI=1S/C15H29N3O4S/c1-16(2)23(21,22)12-4-7-17-9-6-15(13-17)5-3-8-18(10-11-19)14(15)20/h19H,3-13H2,1-2H3/t15-/m1/s1. The van der Waals surface area contributed by atoms with Gasteiger partial charge in [-0.2, -0.15) is 0 Å². The number of rotatable bonds is 7. The molecule has 0 aromatic carbocycles. The van der Waals surface area contributed by atoms with Crippen molar-refractivity contribution in [3.63, 3.8) is 0 Å². The van der Waals surface area contributed by atoms with E-state index in [4.69, 9.17) is 5.11 Å². The maximum atomic E-state index is 12.7. The average Bonchev–Trinajstić information content (AvgIpc) is 2.88. The van der Waals surface area contributed by atoms with E-state index in [2.05, 4.69) is 4.90 Å². The lowest BCUT2D eigenvalue weighted by Gasteiger charge is -2.39. The fourth-order valence-corrected chi connectivity index (χ4v) is 4.53. The van der Waals surface area contributed by atoms with E-state index >= 15 is 0 Å². The third-order valence-electron chi connectivity index (χ3n) is 5.06. The van der Waals surface area contributed by atoms with Crippen molar-refractivity contribution in [2.75, 3.05) is 59.2 Å². The summed E-state index contributed by atoms with van der Waals surface area (Å²) in [6, 6.07) is 0. The van der Waals surface area contributed by atoms with Gasteiger partial charge in [0.05, 0.1) is 17.8 Å². The molecule has 2 fully saturated rings. The highest BCUT2D eigenvalue weighted by molar-refractivity contribution is 7.89. The van der Waals surface area contributed by atoms with Gasteiger partial charge in [0.1, 0.15) is 0 Å². The summed E-state index contributed by atoms with van der Waals surface area (Å²) in [5.41, 5.74) is -0.312. The van der Waals surface area contributed by atoms with E-state index in [9.17, 15) is 13.2 Å². The zero-order valence-corrected chi connectivity index (χ0v) is 15.0. The van der Waals surface area contributed by atoms with Crippen molar-refractivity contribution in [1.82, 2.24) is 14.1 Å². The van der Waals surface area contributed by atoms with Crippen LogP contribution >= 0.6 is 0 Å². The van der Waals surface area contributed by atoms with Crippen LogP contribution < -0.4 is 0 Å². The SMILES string of the molecule is CN(C)S(=O)(=O)CCCN1CC[C@]2(CCCN(CCO)C2=O)C1. The molecule has 0 bridgehead atoms. The number of sulfonamides is 1. The molecule has 0 aromatic rings. The van der Waals surface area contributed by atoms with Crippen LogP contribution in [0.15, 0.2) is 0 Å². The largest absolute Gasteiger partial charge is 0.395 e. The van der Waals surface area contributed by atoms with Gasteiger partial charge in [-0.1, -0.05) is 0 Å². The first-order chi connectivity index (χ1) is 10.8. The molecular formula is C15H29N3O4S. The molecule has 2 aliphatic heterocycles. The van der Waals surface area contributed by atoms with Gasteiger partial charge in [-0.15, -0.1) is 0 Å². The summed E-state index contributed by atoms with van der Waals surface area (Å²) < 4.78 is 24.8. The normalized spacial score (nSPS) is 26.6. The van der Waals surface area contributed by atoms with Gasteiger partial charge in [0.2, 0.25) is 15.9 Å². The number of piperidine rings is 1. The lowest BCUT2D eigenvalue weighted by atomic mass is 9.78. The lowest BCUT2D eigenvalue weighted by molar-refractivity contribution is -0.146. The van der Waals surface area contributed by atoms with Crippen LogP contribution in [-0.4, -0.2) is 92.7 Å². The fourth-order valence-electron chi connectivity index (χ4n) is 3.67. The number of aliphatic hydroxyl groups is 1. The molecule has 0 radical (unpaired) electrons. The highest BCUT2D eigenvalue weighted by atomic mass is 32.2. The molecule has 1 atom stereocenters. The lowest BCUT2D eigenvalue weighted by Crippen LogP contribution is -2.50. The van der Waals surface area contributed by atoms with Crippen molar-refractivity contribution in [3.05, 3.63) is 0 Å². The minimum Gasteiger partial charge on any atom is -0.395 e. The van der Waals surface area contributed by atoms with Gasteiger partial charge in [-0.05, 0) is 38.8 Å². The van der Waals surface area contributed by atoms with Crippen LogP contribution in [0, 0.1) is 5.41 Å². The maximum Gasteiger partial charge on any atom is 0.230 e. The van der Waals surface area contributed by atoms with Crippen molar-refractivity contribution in [3.8, 4) is 0 Å². The molecule has 2 heterocycles. The van der Waals surface area contributed by atoms with Gasteiger partial charge in [0.25, 0.3) is 0 Å². The van der Waals surface area contributed by atoms with Gasteiger partial charge in [0.15, 0.2) is 0 Å². The van der Waals surface area contributed by atoms with Crippen LogP contribution in [0.1, 0.15) is 25.7 Å². The topological polar surface area (TPSA) is 81.2 Å². The molecule has 0 saturated carbocycles. The summed E-state index contributed by atoms with van der Waals surface area (Å²) >= 11 is 0. The third kappa shape index (κ3) is 4.23. The molecule has 0 unspecified atom stereocenters. The van der Waals surface area contributed by atoms with Crippen LogP contribution in [0.25, 0.3) is 0 Å². The summed E-state index contributed by atoms with van der Waals surface area (Å²) in [7, 11) is -0.0420. The molecule has 23 heavy (non-hydrogen) atoms. The Labute approximate surface area is 139 Å². The number of nitrogens with zero attached hydrogens (tertiary/aromatic N) is 3. The third-order valence-corrected chi connectivity index (χ3v) is 6.98. The van der Waals surface area contributed by atoms with Gasteiger partial charge in [-0.3, -0.25) is 4.79 Å². The first kappa shape index (κ1) is 18.6. The average molecular weight is 347 g/mol. The van der Waals surface area contributed by atoms with E-state index in [1.54, 1.807) is 19.0 Å². The van der Waals surface area contributed by atoms with Gasteiger partial charge in [-0.25, -0.2) is 12.7 Å². The van der Waals surface area contributed by atoms with Crippen LogP contribution in [0.2, 0.25) is 0 Å². The van der Waals surface area contributed by atoms with E-state index < -0.39 is 10.0 Å². The molecule has 2 aliphatic rings. The molecule has 134 valence electrons. The summed E-state index contributed by atoms with van der Waals surface area (Å²) in [4.78, 5) is 16.7. The highest BCUT2D eigenvalue weighted by Crippen LogP contribution is 2.39. The number of amides is 1. The first-order valence-corrected chi connectivity index (χ1v) is 9.94. The van der Waals surface area contributed by atoms with Gasteiger partial charge < -0.3 is 14.9 Å². The Kier molecular flexibility index (Phi) is 6.05. The number of hydrogen-bond acceptors (Lipinski definition) is 5. The Hall–Kier alpha value is -0.700. The predicted molar refractivity (Wildman–Crippen MR) is 88.5 cm³/mol. The second kappa shape index (κ2) is 7.46. The second-order valence-corrected chi connectivity index (χ2v) is 9.18. The van der Waals surface area contributed by atoms with Crippen molar-refractivity contribution < 1.29 is 18.3 Å². The Bertz CT molecular complexity index is 521. The van der Waals surface area contributed by atoms with Crippen molar-refractivity contribution >= 4 is 15.9 Å². The van der Waals surface area contributed by atoms with Crippen LogP contribution in [0.4, 0.5) is 0 Å². The highest BCUT2D eigenvalue weighted by Gasteiger charge is 2.47. The number of carbonyl (C=O) groups excluding carboxylic acids is 1. The number of carbonyl (C=O) groups is 1. The Balaban J connectivity index is 1.87. The van der Waals surface area contributed by atoms with Crippen LogP contribution in [0.3, 0.4) is 0 Å². The maximum absolute atomic E-state index is 12.7. The zero-order chi connectivity index (χ0) is 17.1. The molecule has 1 spiro atoms. The smallest absolute Gasteiger partial charge is 0.230 e. The molecule has 2 saturated heterocycles. The van der Waals surface area contributed by atoms with E-state index in [1.165, 1.54) is 4.31 Å². The Morgan fingerprint density at radius 3 is 2.61 bits per heavy atom. The Morgan fingerprint density at radius 2 is 1.96 bits per heavy atom. The number of β-amino-alcohol motifs (C(OH)–C–C–N with tert-alkyl or cyclic N) is 1.